The third kappa shape index (κ3) is 4.51. The highest BCUT2D eigenvalue weighted by molar-refractivity contribution is 6.22. The zero-order valence-electron chi connectivity index (χ0n) is 18.6. The summed E-state index contributed by atoms with van der Waals surface area (Å²) in [4.78, 5) is 12.7. The number of carbonyl (C=O) groups excluding carboxylic acids is 1. The maximum absolute atomic E-state index is 12.7. The molecule has 1 aromatic rings. The molecule has 36 heavy (non-hydrogen) atoms. The smallest absolute Gasteiger partial charge is 0.338 e. The first kappa shape index (κ1) is 26.9. The van der Waals surface area contributed by atoms with Crippen LogP contribution in [0.5, 0.6) is 11.5 Å². The molecule has 0 unspecified atom stereocenters. The van der Waals surface area contributed by atoms with Crippen LogP contribution in [0.4, 0.5) is 0 Å². The van der Waals surface area contributed by atoms with Crippen LogP contribution in [0, 0.1) is 11.8 Å². The summed E-state index contributed by atoms with van der Waals surface area (Å²) in [5, 5.41) is 78.8. The number of aliphatic hydroxyl groups is 6. The Bertz CT molecular complexity index is 989. The molecule has 0 aromatic heterocycles. The highest BCUT2D eigenvalue weighted by atomic mass is 35.5. The zero-order chi connectivity index (χ0) is 26.4. The van der Waals surface area contributed by atoms with Crippen molar-refractivity contribution in [3.63, 3.8) is 0 Å². The minimum absolute atomic E-state index is 0.115. The van der Waals surface area contributed by atoms with Crippen molar-refractivity contribution in [1.82, 2.24) is 0 Å². The highest BCUT2D eigenvalue weighted by Crippen LogP contribution is 2.50. The number of ether oxygens (including phenoxy) is 4. The van der Waals surface area contributed by atoms with E-state index in [9.17, 15) is 45.6 Å². The van der Waals surface area contributed by atoms with Crippen molar-refractivity contribution in [2.24, 2.45) is 11.8 Å². The van der Waals surface area contributed by atoms with E-state index in [-0.39, 0.29) is 5.56 Å². The molecular weight excluding hydrogens is 508 g/mol. The Kier molecular flexibility index (Phi) is 7.67. The van der Waals surface area contributed by atoms with Crippen molar-refractivity contribution < 1.29 is 64.6 Å². The van der Waals surface area contributed by atoms with E-state index in [0.29, 0.717) is 0 Å². The number of aliphatic hydroxyl groups excluding tert-OH is 5. The lowest BCUT2D eigenvalue weighted by molar-refractivity contribution is -0.347. The van der Waals surface area contributed by atoms with Gasteiger partial charge in [0.2, 0.25) is 6.29 Å². The molecule has 0 spiro atoms. The topological polar surface area (TPSA) is 216 Å². The Hall–Kier alpha value is -2.20. The summed E-state index contributed by atoms with van der Waals surface area (Å²) in [6.45, 7) is -1.60. The second-order valence-corrected chi connectivity index (χ2v) is 9.36. The van der Waals surface area contributed by atoms with Gasteiger partial charge in [-0.25, -0.2) is 4.79 Å². The normalized spacial score (nSPS) is 42.0. The van der Waals surface area contributed by atoms with Gasteiger partial charge in [0.25, 0.3) is 0 Å². The Morgan fingerprint density at radius 2 is 1.78 bits per heavy atom. The van der Waals surface area contributed by atoms with Crippen LogP contribution in [-0.2, 0) is 18.9 Å². The molecular formula is C22H27ClO13. The number of hydrogen-bond acceptors (Lipinski definition) is 13. The number of benzene rings is 1. The van der Waals surface area contributed by atoms with E-state index in [0.717, 1.165) is 12.1 Å². The standard InChI is InChI=1S/C22H27ClO13/c23-18-17(35-19(31)8-1-2-10(26)11(27)5-8)9-3-4-33-20(13(9)22(18,32)7-25)36-21-16(30)15(29)14(28)12(6-24)34-21/h1-5,9,12-18,20-21,24-30,32H,6-7H2/t9-,12-,13-,14-,15+,16-,17+,18-,20+,21+,22-/m1/s1. The molecule has 1 aliphatic carbocycles. The van der Waals surface area contributed by atoms with Crippen molar-refractivity contribution in [2.45, 2.75) is 54.1 Å². The summed E-state index contributed by atoms with van der Waals surface area (Å²) >= 11 is 6.46. The monoisotopic (exact) mass is 534 g/mol. The fourth-order valence-corrected chi connectivity index (χ4v) is 5.18. The van der Waals surface area contributed by atoms with E-state index in [1.165, 1.54) is 18.4 Å². The molecule has 1 saturated carbocycles. The molecule has 200 valence electrons. The number of alkyl halides is 1. The predicted octanol–water partition coefficient (Wildman–Crippen LogP) is -2.11. The van der Waals surface area contributed by atoms with E-state index < -0.39 is 96.6 Å². The molecule has 8 N–H and O–H groups in total. The average Bonchev–Trinajstić information content (AvgIpc) is 3.08. The third-order valence-corrected chi connectivity index (χ3v) is 7.39. The fourth-order valence-electron chi connectivity index (χ4n) is 4.75. The predicted molar refractivity (Wildman–Crippen MR) is 116 cm³/mol. The molecule has 13 nitrogen and oxygen atoms in total. The van der Waals surface area contributed by atoms with Crippen LogP contribution < -0.4 is 0 Å². The summed E-state index contributed by atoms with van der Waals surface area (Å²) in [6.07, 6.45) is -8.05. The van der Waals surface area contributed by atoms with Crippen molar-refractivity contribution in [3.8, 4) is 11.5 Å². The Morgan fingerprint density at radius 1 is 1.06 bits per heavy atom. The fraction of sp³-hybridized carbons (Fsp3) is 0.591. The number of esters is 1. The molecule has 4 rings (SSSR count). The Labute approximate surface area is 209 Å². The lowest BCUT2D eigenvalue weighted by Gasteiger charge is -2.43. The van der Waals surface area contributed by atoms with Gasteiger partial charge in [-0.2, -0.15) is 0 Å². The van der Waals surface area contributed by atoms with Crippen LogP contribution in [-0.4, -0.2) is 114 Å². The van der Waals surface area contributed by atoms with Gasteiger partial charge in [-0.15, -0.1) is 11.6 Å². The van der Waals surface area contributed by atoms with Gasteiger partial charge in [-0.3, -0.25) is 0 Å². The average molecular weight is 535 g/mol. The van der Waals surface area contributed by atoms with Gasteiger partial charge in [0.05, 0.1) is 31.0 Å². The van der Waals surface area contributed by atoms with Crippen LogP contribution in [0.15, 0.2) is 30.5 Å². The second kappa shape index (κ2) is 10.3. The zero-order valence-corrected chi connectivity index (χ0v) is 19.3. The van der Waals surface area contributed by atoms with E-state index in [1.54, 1.807) is 0 Å². The Morgan fingerprint density at radius 3 is 2.42 bits per heavy atom. The quantitative estimate of drug-likeness (QED) is 0.111. The maximum atomic E-state index is 12.7. The van der Waals surface area contributed by atoms with Gasteiger partial charge < -0.3 is 59.8 Å². The SMILES string of the molecule is O=C(O[C@H]1[C@@H]2C=CO[C@@H](O[C@@H]3O[C@H](CO)[C@@H](O)[C@H](O)[C@H]3O)[C@@H]2[C@](O)(CO)[C@@H]1Cl)c1ccc(O)c(O)c1. The van der Waals surface area contributed by atoms with Gasteiger partial charge in [0, 0.05) is 5.92 Å². The van der Waals surface area contributed by atoms with Crippen LogP contribution in [0.2, 0.25) is 0 Å². The number of aromatic hydroxyl groups is 2. The molecule has 1 saturated heterocycles. The minimum atomic E-state index is -2.13. The van der Waals surface area contributed by atoms with Gasteiger partial charge in [-0.1, -0.05) is 0 Å². The number of phenolic OH excluding ortho intramolecular Hbond substituents is 2. The second-order valence-electron chi connectivity index (χ2n) is 8.89. The molecule has 0 bridgehead atoms. The third-order valence-electron chi connectivity index (χ3n) is 6.77. The number of phenols is 2. The molecule has 3 aliphatic rings. The summed E-state index contributed by atoms with van der Waals surface area (Å²) in [7, 11) is 0. The Balaban J connectivity index is 1.57. The van der Waals surface area contributed by atoms with Crippen LogP contribution in [0.3, 0.4) is 0 Å². The number of rotatable bonds is 6. The van der Waals surface area contributed by atoms with E-state index in [4.69, 9.17) is 30.5 Å². The summed E-state index contributed by atoms with van der Waals surface area (Å²) in [6, 6.07) is 3.27. The van der Waals surface area contributed by atoms with Crippen molar-refractivity contribution in [3.05, 3.63) is 36.1 Å². The van der Waals surface area contributed by atoms with E-state index in [2.05, 4.69) is 0 Å². The van der Waals surface area contributed by atoms with Crippen LogP contribution in [0.25, 0.3) is 0 Å². The van der Waals surface area contributed by atoms with E-state index in [1.807, 2.05) is 0 Å². The first-order chi connectivity index (χ1) is 17.0. The number of fused-ring (bicyclic) bond motifs is 1. The first-order valence-electron chi connectivity index (χ1n) is 11.0. The van der Waals surface area contributed by atoms with Crippen molar-refractivity contribution in [1.29, 1.82) is 0 Å². The summed E-state index contributed by atoms with van der Waals surface area (Å²) in [5.74, 6) is -3.98. The van der Waals surface area contributed by atoms with Gasteiger partial charge in [0.1, 0.15) is 41.5 Å². The molecule has 11 atom stereocenters. The largest absolute Gasteiger partial charge is 0.504 e. The molecule has 2 aliphatic heterocycles. The number of halogens is 1. The molecule has 1 aromatic carbocycles. The van der Waals surface area contributed by atoms with Crippen molar-refractivity contribution >= 4 is 17.6 Å². The molecule has 2 fully saturated rings. The molecule has 0 radical (unpaired) electrons. The van der Waals surface area contributed by atoms with Crippen LogP contribution in [0.1, 0.15) is 10.4 Å². The number of carbonyl (C=O) groups is 1. The lowest BCUT2D eigenvalue weighted by Crippen LogP contribution is -2.61. The van der Waals surface area contributed by atoms with Gasteiger partial charge in [-0.05, 0) is 24.3 Å². The molecule has 14 heteroatoms. The van der Waals surface area contributed by atoms with Crippen LogP contribution >= 0.6 is 11.6 Å². The molecule has 0 amide bonds. The lowest BCUT2D eigenvalue weighted by atomic mass is 9.84. The van der Waals surface area contributed by atoms with Gasteiger partial charge in [0.15, 0.2) is 17.8 Å². The van der Waals surface area contributed by atoms with Gasteiger partial charge >= 0.3 is 5.97 Å². The molecule has 2 heterocycles. The summed E-state index contributed by atoms with van der Waals surface area (Å²) in [5.41, 5.74) is -2.24. The summed E-state index contributed by atoms with van der Waals surface area (Å²) < 4.78 is 22.0. The number of hydrogen-bond donors (Lipinski definition) is 8. The van der Waals surface area contributed by atoms with Crippen molar-refractivity contribution in [2.75, 3.05) is 13.2 Å². The minimum Gasteiger partial charge on any atom is -0.504 e. The highest BCUT2D eigenvalue weighted by Gasteiger charge is 2.65. The van der Waals surface area contributed by atoms with E-state index >= 15 is 0 Å². The first-order valence-corrected chi connectivity index (χ1v) is 11.5. The maximum Gasteiger partial charge on any atom is 0.338 e.